The fraction of sp³-hybridized carbons (Fsp3) is 0.556. The van der Waals surface area contributed by atoms with Gasteiger partial charge in [0, 0.05) is 61.6 Å². The summed E-state index contributed by atoms with van der Waals surface area (Å²) in [7, 11) is 0. The topological polar surface area (TPSA) is 106 Å². The van der Waals surface area contributed by atoms with E-state index in [1.807, 2.05) is 32.2 Å². The first kappa shape index (κ1) is 24.8. The number of carbonyl (C=O) groups excluding carboxylic acids is 1. The molecule has 1 aromatic heterocycles. The lowest BCUT2D eigenvalue weighted by molar-refractivity contribution is 0.0954. The van der Waals surface area contributed by atoms with E-state index in [9.17, 15) is 15.0 Å². The van der Waals surface area contributed by atoms with Gasteiger partial charge in [0.25, 0.3) is 5.91 Å². The van der Waals surface area contributed by atoms with Crippen molar-refractivity contribution in [3.05, 3.63) is 46.8 Å². The minimum Gasteiger partial charge on any atom is -0.395 e. The maximum Gasteiger partial charge on any atom is 0.252 e. The largest absolute Gasteiger partial charge is 0.395 e. The van der Waals surface area contributed by atoms with Crippen molar-refractivity contribution in [2.75, 3.05) is 50.8 Å². The van der Waals surface area contributed by atoms with Gasteiger partial charge in [0.05, 0.1) is 29.9 Å². The zero-order valence-corrected chi connectivity index (χ0v) is 21.3. The number of hydrogen-bond acceptors (Lipinski definition) is 7. The van der Waals surface area contributed by atoms with Gasteiger partial charge in [0.1, 0.15) is 6.23 Å². The van der Waals surface area contributed by atoms with Crippen LogP contribution >= 0.6 is 0 Å². The number of allylic oxidation sites excluding steroid dienone is 3. The van der Waals surface area contributed by atoms with Crippen LogP contribution in [0.15, 0.2) is 41.2 Å². The first-order valence-corrected chi connectivity index (χ1v) is 13.1. The molecule has 2 aromatic rings. The summed E-state index contributed by atoms with van der Waals surface area (Å²) in [5, 5.41) is 31.4. The van der Waals surface area contributed by atoms with E-state index >= 15 is 0 Å². The van der Waals surface area contributed by atoms with Gasteiger partial charge in [0.15, 0.2) is 0 Å². The molecule has 5 rings (SSSR count). The van der Waals surface area contributed by atoms with Crippen molar-refractivity contribution in [3.63, 3.8) is 0 Å². The Balaban J connectivity index is 1.44. The summed E-state index contributed by atoms with van der Waals surface area (Å²) in [6.45, 7) is 8.46. The Bertz CT molecular complexity index is 1170. The lowest BCUT2D eigenvalue weighted by atomic mass is 10.0. The SMILES string of the molecule is CC1=CC(C)=C(CNC(=O)c2cc(N3CCN(CCO)CC3)cc3c2cnn3C2CCCC2)C(O)N1. The van der Waals surface area contributed by atoms with Crippen LogP contribution in [-0.2, 0) is 0 Å². The van der Waals surface area contributed by atoms with Crippen molar-refractivity contribution in [1.82, 2.24) is 25.3 Å². The second kappa shape index (κ2) is 10.6. The molecule has 36 heavy (non-hydrogen) atoms. The number of amides is 1. The number of nitrogens with zero attached hydrogens (tertiary/aromatic N) is 4. The van der Waals surface area contributed by atoms with Gasteiger partial charge in [-0.3, -0.25) is 14.4 Å². The third kappa shape index (κ3) is 5.00. The average Bonchev–Trinajstić information content (AvgIpc) is 3.53. The Morgan fingerprint density at radius 1 is 1.17 bits per heavy atom. The smallest absolute Gasteiger partial charge is 0.252 e. The van der Waals surface area contributed by atoms with Gasteiger partial charge in [-0.1, -0.05) is 12.8 Å². The third-order valence-corrected chi connectivity index (χ3v) is 7.84. The monoisotopic (exact) mass is 494 g/mol. The van der Waals surface area contributed by atoms with Crippen LogP contribution in [0.3, 0.4) is 0 Å². The molecule has 1 aliphatic carbocycles. The highest BCUT2D eigenvalue weighted by Gasteiger charge is 2.25. The number of benzene rings is 1. The summed E-state index contributed by atoms with van der Waals surface area (Å²) in [6, 6.07) is 4.55. The van der Waals surface area contributed by atoms with Crippen LogP contribution in [0, 0.1) is 0 Å². The zero-order valence-electron chi connectivity index (χ0n) is 21.3. The minimum absolute atomic E-state index is 0.162. The number of aliphatic hydroxyl groups is 2. The van der Waals surface area contributed by atoms with Gasteiger partial charge in [-0.05, 0) is 50.5 Å². The molecule has 3 heterocycles. The van der Waals surface area contributed by atoms with Crippen LogP contribution in [-0.4, -0.2) is 82.9 Å². The summed E-state index contributed by atoms with van der Waals surface area (Å²) in [5.74, 6) is -0.162. The standard InChI is InChI=1S/C27H38N6O3/c1-18-13-19(2)30-27(36)23(18)16-28-26(35)22-14-21(32-9-7-31(8-10-32)11-12-34)15-25-24(22)17-29-33(25)20-5-3-4-6-20/h13-15,17,20,27,30,34,36H,3-12,16H2,1-2H3,(H,28,35). The minimum atomic E-state index is -0.804. The lowest BCUT2D eigenvalue weighted by Gasteiger charge is -2.36. The number of hydrogen-bond donors (Lipinski definition) is 4. The summed E-state index contributed by atoms with van der Waals surface area (Å²) in [4.78, 5) is 18.1. The molecule has 0 bridgehead atoms. The van der Waals surface area contributed by atoms with Crippen LogP contribution in [0.4, 0.5) is 5.69 Å². The molecule has 1 amide bonds. The fourth-order valence-corrected chi connectivity index (χ4v) is 5.80. The molecule has 1 saturated carbocycles. The molecule has 0 radical (unpaired) electrons. The van der Waals surface area contributed by atoms with Gasteiger partial charge >= 0.3 is 0 Å². The second-order valence-corrected chi connectivity index (χ2v) is 10.3. The average molecular weight is 495 g/mol. The van der Waals surface area contributed by atoms with Gasteiger partial charge in [-0.2, -0.15) is 5.10 Å². The number of β-amino-alcohol motifs (C(OH)–C–C–N with tert-alkyl or cyclic N) is 1. The van der Waals surface area contributed by atoms with Gasteiger partial charge in [0.2, 0.25) is 0 Å². The van der Waals surface area contributed by atoms with Crippen LogP contribution in [0.5, 0.6) is 0 Å². The predicted octanol–water partition coefficient (Wildman–Crippen LogP) is 2.14. The van der Waals surface area contributed by atoms with E-state index in [4.69, 9.17) is 5.10 Å². The Morgan fingerprint density at radius 3 is 2.61 bits per heavy atom. The van der Waals surface area contributed by atoms with E-state index in [0.29, 0.717) is 18.2 Å². The Kier molecular flexibility index (Phi) is 7.32. The number of aromatic nitrogens is 2. The van der Waals surface area contributed by atoms with E-state index in [1.54, 1.807) is 0 Å². The highest BCUT2D eigenvalue weighted by molar-refractivity contribution is 6.07. The highest BCUT2D eigenvalue weighted by atomic mass is 16.3. The lowest BCUT2D eigenvalue weighted by Crippen LogP contribution is -2.47. The summed E-state index contributed by atoms with van der Waals surface area (Å²) in [5.41, 5.74) is 5.30. The molecule has 2 fully saturated rings. The molecule has 194 valence electrons. The third-order valence-electron chi connectivity index (χ3n) is 7.84. The van der Waals surface area contributed by atoms with Gasteiger partial charge < -0.3 is 25.7 Å². The maximum atomic E-state index is 13.5. The van der Waals surface area contributed by atoms with E-state index in [2.05, 4.69) is 31.2 Å². The van der Waals surface area contributed by atoms with Crippen molar-refractivity contribution in [3.8, 4) is 0 Å². The second-order valence-electron chi connectivity index (χ2n) is 10.3. The number of aliphatic hydroxyl groups excluding tert-OH is 2. The Labute approximate surface area is 212 Å². The molecular formula is C27H38N6O3. The number of rotatable bonds is 7. The summed E-state index contributed by atoms with van der Waals surface area (Å²) < 4.78 is 2.12. The molecule has 4 N–H and O–H groups in total. The van der Waals surface area contributed by atoms with E-state index in [-0.39, 0.29) is 19.1 Å². The van der Waals surface area contributed by atoms with Crippen molar-refractivity contribution in [1.29, 1.82) is 0 Å². The molecule has 1 unspecified atom stereocenters. The van der Waals surface area contributed by atoms with Crippen molar-refractivity contribution in [2.45, 2.75) is 51.8 Å². The Morgan fingerprint density at radius 2 is 1.92 bits per heavy atom. The van der Waals surface area contributed by atoms with Gasteiger partial charge in [-0.25, -0.2) is 0 Å². The number of dihydropyridines is 1. The van der Waals surface area contributed by atoms with E-state index in [1.165, 1.54) is 12.8 Å². The molecule has 0 spiro atoms. The number of nitrogens with one attached hydrogen (secondary N) is 2. The van der Waals surface area contributed by atoms with Crippen LogP contribution in [0.25, 0.3) is 10.9 Å². The van der Waals surface area contributed by atoms with Crippen LogP contribution in [0.2, 0.25) is 0 Å². The van der Waals surface area contributed by atoms with Crippen molar-refractivity contribution in [2.24, 2.45) is 0 Å². The van der Waals surface area contributed by atoms with E-state index in [0.717, 1.165) is 72.5 Å². The van der Waals surface area contributed by atoms with Gasteiger partial charge in [-0.15, -0.1) is 0 Å². The van der Waals surface area contributed by atoms with Crippen molar-refractivity contribution >= 4 is 22.5 Å². The summed E-state index contributed by atoms with van der Waals surface area (Å²) >= 11 is 0. The molecule has 1 aromatic carbocycles. The number of fused-ring (bicyclic) bond motifs is 1. The zero-order chi connectivity index (χ0) is 25.2. The first-order valence-electron chi connectivity index (χ1n) is 13.1. The summed E-state index contributed by atoms with van der Waals surface area (Å²) in [6.07, 6.45) is 7.67. The van der Waals surface area contributed by atoms with Crippen LogP contribution in [0.1, 0.15) is 55.9 Å². The fourth-order valence-electron chi connectivity index (χ4n) is 5.80. The number of piperazine rings is 1. The highest BCUT2D eigenvalue weighted by Crippen LogP contribution is 2.34. The molecule has 9 heteroatoms. The molecule has 2 aliphatic heterocycles. The molecule has 9 nitrogen and oxygen atoms in total. The molecule has 1 atom stereocenters. The first-order chi connectivity index (χ1) is 17.4. The maximum absolute atomic E-state index is 13.5. The van der Waals surface area contributed by atoms with Crippen molar-refractivity contribution < 1.29 is 15.0 Å². The number of carbonyl (C=O) groups is 1. The Hall–Kier alpha value is -2.88. The molecule has 3 aliphatic rings. The molecule has 1 saturated heterocycles. The predicted molar refractivity (Wildman–Crippen MR) is 141 cm³/mol. The van der Waals surface area contributed by atoms with E-state index < -0.39 is 6.23 Å². The normalized spacial score (nSPS) is 21.7. The molecular weight excluding hydrogens is 456 g/mol. The number of anilines is 1. The van der Waals surface area contributed by atoms with Crippen LogP contribution < -0.4 is 15.5 Å². The quantitative estimate of drug-likeness (QED) is 0.467.